The normalized spacial score (nSPS) is 39.0. The summed E-state index contributed by atoms with van der Waals surface area (Å²) >= 11 is 0. The Morgan fingerprint density at radius 2 is 1.50 bits per heavy atom. The predicted molar refractivity (Wildman–Crippen MR) is 43.8 cm³/mol. The first-order valence-electron chi connectivity index (χ1n) is 4.51. The van der Waals surface area contributed by atoms with Crippen LogP contribution in [0.15, 0.2) is 11.1 Å². The van der Waals surface area contributed by atoms with Crippen LogP contribution in [0.2, 0.25) is 0 Å². The molecule has 0 saturated carbocycles. The molecule has 0 saturated heterocycles. The van der Waals surface area contributed by atoms with Gasteiger partial charge in [-0.25, -0.2) is 0 Å². The molecule has 0 unspecified atom stereocenters. The molecule has 2 rings (SSSR count). The van der Waals surface area contributed by atoms with Crippen molar-refractivity contribution in [1.29, 1.82) is 0 Å². The highest BCUT2D eigenvalue weighted by Crippen LogP contribution is 2.45. The van der Waals surface area contributed by atoms with Crippen LogP contribution in [0.1, 0.15) is 39.5 Å². The van der Waals surface area contributed by atoms with Crippen LogP contribution in [-0.2, 0) is 0 Å². The van der Waals surface area contributed by atoms with E-state index in [1.165, 1.54) is 25.7 Å². The van der Waals surface area contributed by atoms with Gasteiger partial charge in [0, 0.05) is 0 Å². The van der Waals surface area contributed by atoms with E-state index in [9.17, 15) is 0 Å². The first-order valence-corrected chi connectivity index (χ1v) is 4.51. The van der Waals surface area contributed by atoms with Gasteiger partial charge in [-0.2, -0.15) is 0 Å². The van der Waals surface area contributed by atoms with Gasteiger partial charge in [0.05, 0.1) is 0 Å². The van der Waals surface area contributed by atoms with Crippen molar-refractivity contribution in [3.8, 4) is 0 Å². The van der Waals surface area contributed by atoms with Gasteiger partial charge in [0.15, 0.2) is 0 Å². The Kier molecular flexibility index (Phi) is 1.36. The molecule has 0 amide bonds. The van der Waals surface area contributed by atoms with E-state index < -0.39 is 0 Å². The Morgan fingerprint density at radius 1 is 1.00 bits per heavy atom. The summed E-state index contributed by atoms with van der Waals surface area (Å²) in [6, 6.07) is 0. The van der Waals surface area contributed by atoms with Gasteiger partial charge in [0.2, 0.25) is 0 Å². The van der Waals surface area contributed by atoms with Gasteiger partial charge >= 0.3 is 0 Å². The highest BCUT2D eigenvalue weighted by atomic mass is 14.3. The molecule has 0 bridgehead atoms. The molecule has 0 nitrogen and oxygen atoms in total. The third-order valence-corrected chi connectivity index (χ3v) is 3.23. The molecule has 0 heteroatoms. The average Bonchev–Trinajstić information content (AvgIpc) is 2.40. The molecule has 0 aromatic heterocycles. The molecule has 0 fully saturated rings. The van der Waals surface area contributed by atoms with Crippen molar-refractivity contribution in [3.63, 3.8) is 0 Å². The summed E-state index contributed by atoms with van der Waals surface area (Å²) in [5.41, 5.74) is 3.65. The molecule has 0 radical (unpaired) electrons. The van der Waals surface area contributed by atoms with Crippen LogP contribution in [0.3, 0.4) is 0 Å². The SMILES string of the molecule is C[C@@H]1CCC2=C1[C@H](C)CC2. The van der Waals surface area contributed by atoms with Crippen molar-refractivity contribution in [2.24, 2.45) is 11.8 Å². The zero-order valence-electron chi connectivity index (χ0n) is 6.98. The molecule has 56 valence electrons. The second-order valence-electron chi connectivity index (χ2n) is 3.94. The average molecular weight is 136 g/mol. The summed E-state index contributed by atoms with van der Waals surface area (Å²) in [4.78, 5) is 0. The number of hydrogen-bond acceptors (Lipinski definition) is 0. The minimum absolute atomic E-state index is 0.924. The van der Waals surface area contributed by atoms with Crippen LogP contribution in [0, 0.1) is 11.8 Å². The molecule has 0 spiro atoms. The van der Waals surface area contributed by atoms with Crippen molar-refractivity contribution < 1.29 is 0 Å². The van der Waals surface area contributed by atoms with E-state index in [4.69, 9.17) is 0 Å². The zero-order chi connectivity index (χ0) is 7.14. The fraction of sp³-hybridized carbons (Fsp3) is 0.800. The Labute approximate surface area is 63.3 Å². The first kappa shape index (κ1) is 6.45. The topological polar surface area (TPSA) is 0 Å². The maximum absolute atomic E-state index is 2.39. The summed E-state index contributed by atoms with van der Waals surface area (Å²) in [7, 11) is 0. The van der Waals surface area contributed by atoms with Crippen LogP contribution in [0.25, 0.3) is 0 Å². The van der Waals surface area contributed by atoms with E-state index in [1.54, 1.807) is 0 Å². The highest BCUT2D eigenvalue weighted by Gasteiger charge is 2.29. The fourth-order valence-corrected chi connectivity index (χ4v) is 2.69. The fourth-order valence-electron chi connectivity index (χ4n) is 2.69. The highest BCUT2D eigenvalue weighted by molar-refractivity contribution is 5.28. The maximum Gasteiger partial charge on any atom is -0.0223 e. The molecule has 2 atom stereocenters. The first-order chi connectivity index (χ1) is 4.79. The lowest BCUT2D eigenvalue weighted by Gasteiger charge is -2.12. The van der Waals surface area contributed by atoms with Crippen LogP contribution in [-0.4, -0.2) is 0 Å². The van der Waals surface area contributed by atoms with Crippen LogP contribution in [0.4, 0.5) is 0 Å². The maximum atomic E-state index is 2.39. The van der Waals surface area contributed by atoms with Gasteiger partial charge in [-0.05, 0) is 37.5 Å². The Morgan fingerprint density at radius 3 is 1.90 bits per heavy atom. The van der Waals surface area contributed by atoms with E-state index >= 15 is 0 Å². The number of rotatable bonds is 0. The van der Waals surface area contributed by atoms with Gasteiger partial charge in [0.1, 0.15) is 0 Å². The molecule has 0 aromatic carbocycles. The molecule has 2 aliphatic rings. The quantitative estimate of drug-likeness (QED) is 0.449. The van der Waals surface area contributed by atoms with Gasteiger partial charge in [-0.1, -0.05) is 25.0 Å². The minimum Gasteiger partial charge on any atom is -0.0704 e. The molecule has 0 heterocycles. The predicted octanol–water partition coefficient (Wildman–Crippen LogP) is 3.14. The second kappa shape index (κ2) is 2.11. The molecular weight excluding hydrogens is 120 g/mol. The molecule has 0 N–H and O–H groups in total. The van der Waals surface area contributed by atoms with E-state index in [2.05, 4.69) is 13.8 Å². The van der Waals surface area contributed by atoms with Crippen molar-refractivity contribution >= 4 is 0 Å². The van der Waals surface area contributed by atoms with E-state index in [-0.39, 0.29) is 0 Å². The summed E-state index contributed by atoms with van der Waals surface area (Å²) in [6.07, 6.45) is 5.71. The molecule has 2 aliphatic carbocycles. The third-order valence-electron chi connectivity index (χ3n) is 3.23. The lowest BCUT2D eigenvalue weighted by molar-refractivity contribution is 0.543. The summed E-state index contributed by atoms with van der Waals surface area (Å²) in [5, 5.41) is 0. The van der Waals surface area contributed by atoms with Crippen LogP contribution < -0.4 is 0 Å². The molecule has 0 aliphatic heterocycles. The smallest absolute Gasteiger partial charge is 0.0223 e. The monoisotopic (exact) mass is 136 g/mol. The van der Waals surface area contributed by atoms with Crippen molar-refractivity contribution in [1.82, 2.24) is 0 Å². The largest absolute Gasteiger partial charge is 0.0704 e. The standard InChI is InChI=1S/C10H16/c1-7-3-5-9-6-4-8(2)10(7)9/h7-8H,3-6H2,1-2H3/t7-,8-/m1/s1. The summed E-state index contributed by atoms with van der Waals surface area (Å²) in [5.74, 6) is 1.85. The van der Waals surface area contributed by atoms with E-state index in [0.29, 0.717) is 0 Å². The zero-order valence-corrected chi connectivity index (χ0v) is 6.98. The van der Waals surface area contributed by atoms with Crippen molar-refractivity contribution in [2.75, 3.05) is 0 Å². The second-order valence-corrected chi connectivity index (χ2v) is 3.94. The lowest BCUT2D eigenvalue weighted by Crippen LogP contribution is -2.00. The Bertz CT molecular complexity index is 158. The molecule has 10 heavy (non-hydrogen) atoms. The number of hydrogen-bond donors (Lipinski definition) is 0. The molecular formula is C10H16. The van der Waals surface area contributed by atoms with E-state index in [1.807, 2.05) is 11.1 Å². The minimum atomic E-state index is 0.924. The Hall–Kier alpha value is -0.260. The van der Waals surface area contributed by atoms with Crippen LogP contribution in [0.5, 0.6) is 0 Å². The van der Waals surface area contributed by atoms with E-state index in [0.717, 1.165) is 11.8 Å². The Balaban J connectivity index is 2.27. The van der Waals surface area contributed by atoms with Gasteiger partial charge < -0.3 is 0 Å². The lowest BCUT2D eigenvalue weighted by atomic mass is 9.94. The van der Waals surface area contributed by atoms with Gasteiger partial charge in [-0.3, -0.25) is 0 Å². The molecule has 0 aromatic rings. The third kappa shape index (κ3) is 0.744. The summed E-state index contributed by atoms with van der Waals surface area (Å²) < 4.78 is 0. The summed E-state index contributed by atoms with van der Waals surface area (Å²) in [6.45, 7) is 4.79. The van der Waals surface area contributed by atoms with Gasteiger partial charge in [0.25, 0.3) is 0 Å². The van der Waals surface area contributed by atoms with Crippen LogP contribution >= 0.6 is 0 Å². The number of allylic oxidation sites excluding steroid dienone is 2. The van der Waals surface area contributed by atoms with Gasteiger partial charge in [-0.15, -0.1) is 0 Å². The van der Waals surface area contributed by atoms with Crippen molar-refractivity contribution in [2.45, 2.75) is 39.5 Å². The van der Waals surface area contributed by atoms with Crippen molar-refractivity contribution in [3.05, 3.63) is 11.1 Å².